The highest BCUT2D eigenvalue weighted by molar-refractivity contribution is 14.0. The van der Waals surface area contributed by atoms with Gasteiger partial charge in [-0.05, 0) is 45.4 Å². The highest BCUT2D eigenvalue weighted by Crippen LogP contribution is 2.41. The van der Waals surface area contributed by atoms with Crippen LogP contribution in [0.15, 0.2) is 4.99 Å². The number of aryl methyl sites for hydroxylation is 2. The zero-order valence-electron chi connectivity index (χ0n) is 16.7. The first-order valence-corrected chi connectivity index (χ1v) is 10.3. The molecule has 1 heterocycles. The summed E-state index contributed by atoms with van der Waals surface area (Å²) in [5.74, 6) is 0.927. The number of guanidine groups is 1. The highest BCUT2D eigenvalue weighted by Gasteiger charge is 2.33. The Balaban J connectivity index is 0.00000338. The standard InChI is InChI=1S/C19H34N4OS.HI/c1-5-20-18(21-12-8-17-23-15(2)16(3)25-17)22-14-19(11-13-24-4)9-6-7-10-19;/h5-14H2,1-4H3,(H2,20,21,22);1H. The van der Waals surface area contributed by atoms with Gasteiger partial charge in [-0.3, -0.25) is 4.99 Å². The molecule has 0 bridgehead atoms. The lowest BCUT2D eigenvalue weighted by atomic mass is 9.83. The second-order valence-corrected chi connectivity index (χ2v) is 8.36. The first-order valence-electron chi connectivity index (χ1n) is 9.52. The Morgan fingerprint density at radius 1 is 1.27 bits per heavy atom. The molecule has 0 saturated heterocycles. The van der Waals surface area contributed by atoms with E-state index in [1.807, 2.05) is 0 Å². The third kappa shape index (κ3) is 7.31. The minimum atomic E-state index is 0. The maximum Gasteiger partial charge on any atom is 0.191 e. The Morgan fingerprint density at radius 3 is 2.58 bits per heavy atom. The van der Waals surface area contributed by atoms with E-state index in [2.05, 4.69) is 36.4 Å². The van der Waals surface area contributed by atoms with Crippen molar-refractivity contribution in [2.45, 2.75) is 59.3 Å². The number of halogens is 1. The molecule has 1 aromatic rings. The molecule has 1 saturated carbocycles. The van der Waals surface area contributed by atoms with Gasteiger partial charge in [0.15, 0.2) is 5.96 Å². The van der Waals surface area contributed by atoms with Gasteiger partial charge >= 0.3 is 0 Å². The van der Waals surface area contributed by atoms with Crippen molar-refractivity contribution in [1.82, 2.24) is 15.6 Å². The summed E-state index contributed by atoms with van der Waals surface area (Å²) >= 11 is 1.80. The number of thiazole rings is 1. The fourth-order valence-corrected chi connectivity index (χ4v) is 4.39. The van der Waals surface area contributed by atoms with Gasteiger partial charge in [-0.2, -0.15) is 0 Å². The third-order valence-electron chi connectivity index (χ3n) is 5.12. The lowest BCUT2D eigenvalue weighted by molar-refractivity contribution is 0.141. The second-order valence-electron chi connectivity index (χ2n) is 7.07. The number of ether oxygens (including phenoxy) is 1. The SMILES string of the molecule is CCNC(=NCC1(CCOC)CCCC1)NCCc1nc(C)c(C)s1.I. The largest absolute Gasteiger partial charge is 0.385 e. The molecule has 150 valence electrons. The molecule has 0 atom stereocenters. The molecule has 1 aromatic heterocycles. The Kier molecular flexibility index (Phi) is 11.0. The summed E-state index contributed by atoms with van der Waals surface area (Å²) in [6, 6.07) is 0. The van der Waals surface area contributed by atoms with Crippen LogP contribution in [-0.4, -0.2) is 44.3 Å². The van der Waals surface area contributed by atoms with Crippen molar-refractivity contribution in [2.24, 2.45) is 10.4 Å². The van der Waals surface area contributed by atoms with E-state index in [1.54, 1.807) is 18.4 Å². The van der Waals surface area contributed by atoms with Gasteiger partial charge in [0.2, 0.25) is 0 Å². The fourth-order valence-electron chi connectivity index (χ4n) is 3.45. The van der Waals surface area contributed by atoms with Gasteiger partial charge in [-0.1, -0.05) is 12.8 Å². The van der Waals surface area contributed by atoms with E-state index in [0.717, 1.165) is 50.7 Å². The average Bonchev–Trinajstić information content (AvgIpc) is 3.18. The molecule has 1 aliphatic rings. The van der Waals surface area contributed by atoms with Crippen molar-refractivity contribution < 1.29 is 4.74 Å². The molecule has 2 N–H and O–H groups in total. The zero-order chi connectivity index (χ0) is 18.1. The van der Waals surface area contributed by atoms with Gasteiger partial charge in [-0.25, -0.2) is 4.98 Å². The number of aliphatic imine (C=N–C) groups is 1. The summed E-state index contributed by atoms with van der Waals surface area (Å²) in [6.07, 6.45) is 7.26. The lowest BCUT2D eigenvalue weighted by Gasteiger charge is -2.27. The quantitative estimate of drug-likeness (QED) is 0.309. The van der Waals surface area contributed by atoms with Crippen molar-refractivity contribution >= 4 is 41.3 Å². The maximum atomic E-state index is 5.32. The molecular weight excluding hydrogens is 459 g/mol. The molecule has 0 aromatic carbocycles. The Hall–Kier alpha value is -0.410. The van der Waals surface area contributed by atoms with Gasteiger partial charge in [0.1, 0.15) is 0 Å². The van der Waals surface area contributed by atoms with Crippen molar-refractivity contribution in [3.8, 4) is 0 Å². The number of hydrogen-bond acceptors (Lipinski definition) is 4. The summed E-state index contributed by atoms with van der Waals surface area (Å²) in [4.78, 5) is 10.8. The minimum Gasteiger partial charge on any atom is -0.385 e. The van der Waals surface area contributed by atoms with E-state index < -0.39 is 0 Å². The number of rotatable bonds is 9. The van der Waals surface area contributed by atoms with Gasteiger partial charge in [0.25, 0.3) is 0 Å². The zero-order valence-corrected chi connectivity index (χ0v) is 19.8. The molecule has 0 amide bonds. The number of aromatic nitrogens is 1. The summed E-state index contributed by atoms with van der Waals surface area (Å²) < 4.78 is 5.32. The molecule has 0 aliphatic heterocycles. The fraction of sp³-hybridized carbons (Fsp3) is 0.789. The normalized spacial score (nSPS) is 16.4. The highest BCUT2D eigenvalue weighted by atomic mass is 127. The van der Waals surface area contributed by atoms with Crippen molar-refractivity contribution in [3.05, 3.63) is 15.6 Å². The van der Waals surface area contributed by atoms with Crippen LogP contribution in [0.4, 0.5) is 0 Å². The number of hydrogen-bond donors (Lipinski definition) is 2. The molecule has 1 aliphatic carbocycles. The van der Waals surface area contributed by atoms with E-state index >= 15 is 0 Å². The third-order valence-corrected chi connectivity index (χ3v) is 6.25. The predicted octanol–water partition coefficient (Wildman–Crippen LogP) is 4.07. The maximum absolute atomic E-state index is 5.32. The lowest BCUT2D eigenvalue weighted by Crippen LogP contribution is -2.39. The molecule has 0 spiro atoms. The summed E-state index contributed by atoms with van der Waals surface area (Å²) in [5.41, 5.74) is 1.49. The van der Waals surface area contributed by atoms with Gasteiger partial charge in [-0.15, -0.1) is 35.3 Å². The van der Waals surface area contributed by atoms with Crippen LogP contribution in [0.3, 0.4) is 0 Å². The average molecular weight is 494 g/mol. The molecular formula is C19H35IN4OS. The van der Waals surface area contributed by atoms with Crippen molar-refractivity contribution in [3.63, 3.8) is 0 Å². The molecule has 26 heavy (non-hydrogen) atoms. The molecule has 7 heteroatoms. The van der Waals surface area contributed by atoms with Gasteiger partial charge in [0.05, 0.1) is 10.7 Å². The monoisotopic (exact) mass is 494 g/mol. The number of nitrogens with one attached hydrogen (secondary N) is 2. The van der Waals surface area contributed by atoms with Crippen LogP contribution < -0.4 is 10.6 Å². The first kappa shape index (κ1) is 23.6. The molecule has 5 nitrogen and oxygen atoms in total. The topological polar surface area (TPSA) is 58.5 Å². The molecule has 2 rings (SSSR count). The summed E-state index contributed by atoms with van der Waals surface area (Å²) in [5, 5.41) is 8.04. The molecule has 1 fully saturated rings. The predicted molar refractivity (Wildman–Crippen MR) is 122 cm³/mol. The van der Waals surface area contributed by atoms with Crippen LogP contribution >= 0.6 is 35.3 Å². The first-order chi connectivity index (χ1) is 12.1. The van der Waals surface area contributed by atoms with Crippen LogP contribution in [0.5, 0.6) is 0 Å². The van der Waals surface area contributed by atoms with Crippen LogP contribution in [0.1, 0.15) is 54.6 Å². The van der Waals surface area contributed by atoms with Crippen LogP contribution in [0.25, 0.3) is 0 Å². The number of methoxy groups -OCH3 is 1. The van der Waals surface area contributed by atoms with Crippen LogP contribution in [0.2, 0.25) is 0 Å². The second kappa shape index (κ2) is 12.1. The van der Waals surface area contributed by atoms with Gasteiger partial charge in [0, 0.05) is 44.6 Å². The van der Waals surface area contributed by atoms with E-state index in [0.29, 0.717) is 5.41 Å². The minimum absolute atomic E-state index is 0. The van der Waals surface area contributed by atoms with Crippen molar-refractivity contribution in [2.75, 3.05) is 33.4 Å². The van der Waals surface area contributed by atoms with Crippen molar-refractivity contribution in [1.29, 1.82) is 0 Å². The Labute approximate surface area is 179 Å². The van der Waals surface area contributed by atoms with E-state index in [4.69, 9.17) is 9.73 Å². The van der Waals surface area contributed by atoms with Crippen LogP contribution in [-0.2, 0) is 11.2 Å². The smallest absolute Gasteiger partial charge is 0.191 e. The Morgan fingerprint density at radius 2 is 2.00 bits per heavy atom. The van der Waals surface area contributed by atoms with E-state index in [1.165, 1.54) is 35.6 Å². The van der Waals surface area contributed by atoms with Crippen LogP contribution in [0, 0.1) is 19.3 Å². The van der Waals surface area contributed by atoms with E-state index in [-0.39, 0.29) is 24.0 Å². The van der Waals surface area contributed by atoms with Gasteiger partial charge < -0.3 is 15.4 Å². The molecule has 0 unspecified atom stereocenters. The van der Waals surface area contributed by atoms with E-state index in [9.17, 15) is 0 Å². The molecule has 0 radical (unpaired) electrons. The summed E-state index contributed by atoms with van der Waals surface area (Å²) in [6.45, 7) is 9.80. The number of nitrogens with zero attached hydrogens (tertiary/aromatic N) is 2. The summed E-state index contributed by atoms with van der Waals surface area (Å²) in [7, 11) is 1.79. The Bertz CT molecular complexity index is 536.